The van der Waals surface area contributed by atoms with Crippen LogP contribution in [0.3, 0.4) is 0 Å². The summed E-state index contributed by atoms with van der Waals surface area (Å²) in [5.41, 5.74) is 3.32. The molecular weight excluding hydrogens is 326 g/mol. The molecule has 0 bridgehead atoms. The molecule has 0 aliphatic rings. The van der Waals surface area contributed by atoms with Crippen molar-refractivity contribution in [3.05, 3.63) is 95.3 Å². The molecule has 5 heteroatoms. The number of aromatic nitrogens is 2. The molecule has 0 fully saturated rings. The minimum Gasteiger partial charge on any atom is -0.387 e. The highest BCUT2D eigenvalue weighted by atomic mass is 16.3. The minimum absolute atomic E-state index is 0.185. The number of benzene rings is 2. The SMILES string of the molecule is Cc1cccc(C(O)CN(Cc2ccccc2)C(=O)c2ccnnc2)c1. The third-order valence-corrected chi connectivity index (χ3v) is 4.15. The molecule has 1 atom stereocenters. The maximum atomic E-state index is 12.9. The Morgan fingerprint density at radius 3 is 2.58 bits per heavy atom. The second kappa shape index (κ2) is 8.36. The van der Waals surface area contributed by atoms with Crippen LogP contribution in [0, 0.1) is 6.92 Å². The van der Waals surface area contributed by atoms with Gasteiger partial charge in [0, 0.05) is 6.54 Å². The van der Waals surface area contributed by atoms with Crippen molar-refractivity contribution in [3.63, 3.8) is 0 Å². The summed E-state index contributed by atoms with van der Waals surface area (Å²) in [7, 11) is 0. The van der Waals surface area contributed by atoms with E-state index in [1.54, 1.807) is 11.0 Å². The van der Waals surface area contributed by atoms with Crippen molar-refractivity contribution in [2.24, 2.45) is 0 Å². The van der Waals surface area contributed by atoms with Gasteiger partial charge in [0.15, 0.2) is 0 Å². The Balaban J connectivity index is 1.83. The van der Waals surface area contributed by atoms with E-state index in [0.29, 0.717) is 12.1 Å². The van der Waals surface area contributed by atoms with Gasteiger partial charge in [-0.3, -0.25) is 4.79 Å². The molecule has 0 saturated heterocycles. The van der Waals surface area contributed by atoms with Crippen LogP contribution in [0.25, 0.3) is 0 Å². The van der Waals surface area contributed by atoms with Gasteiger partial charge in [0.2, 0.25) is 0 Å². The smallest absolute Gasteiger partial charge is 0.255 e. The second-order valence-electron chi connectivity index (χ2n) is 6.23. The Morgan fingerprint density at radius 2 is 1.88 bits per heavy atom. The van der Waals surface area contributed by atoms with Gasteiger partial charge in [-0.2, -0.15) is 10.2 Å². The topological polar surface area (TPSA) is 66.3 Å². The van der Waals surface area contributed by atoms with Gasteiger partial charge in [0.25, 0.3) is 5.91 Å². The van der Waals surface area contributed by atoms with Crippen LogP contribution in [-0.2, 0) is 6.54 Å². The Kier molecular flexibility index (Phi) is 5.71. The first kappa shape index (κ1) is 17.8. The largest absolute Gasteiger partial charge is 0.387 e. The number of nitrogens with zero attached hydrogens (tertiary/aromatic N) is 3. The molecule has 1 unspecified atom stereocenters. The van der Waals surface area contributed by atoms with Crippen LogP contribution in [0.4, 0.5) is 0 Å². The average Bonchev–Trinajstić information content (AvgIpc) is 2.68. The number of hydrogen-bond donors (Lipinski definition) is 1. The van der Waals surface area contributed by atoms with E-state index in [2.05, 4.69) is 10.2 Å². The summed E-state index contributed by atoms with van der Waals surface area (Å²) < 4.78 is 0. The maximum Gasteiger partial charge on any atom is 0.255 e. The summed E-state index contributed by atoms with van der Waals surface area (Å²) in [5, 5.41) is 18.2. The van der Waals surface area contributed by atoms with Crippen LogP contribution in [-0.4, -0.2) is 32.7 Å². The summed E-state index contributed by atoms with van der Waals surface area (Å²) in [6, 6.07) is 19.0. The molecule has 1 aromatic heterocycles. The predicted octanol–water partition coefficient (Wildman–Crippen LogP) is 3.16. The molecular formula is C21H21N3O2. The normalized spacial score (nSPS) is 11.8. The van der Waals surface area contributed by atoms with Gasteiger partial charge in [0.1, 0.15) is 0 Å². The number of aryl methyl sites for hydroxylation is 1. The quantitative estimate of drug-likeness (QED) is 0.744. The molecule has 26 heavy (non-hydrogen) atoms. The third kappa shape index (κ3) is 4.52. The Bertz CT molecular complexity index is 853. The lowest BCUT2D eigenvalue weighted by atomic mass is 10.1. The summed E-state index contributed by atoms with van der Waals surface area (Å²) in [5.74, 6) is -0.185. The lowest BCUT2D eigenvalue weighted by molar-refractivity contribution is 0.0603. The zero-order valence-electron chi connectivity index (χ0n) is 14.6. The highest BCUT2D eigenvalue weighted by Gasteiger charge is 2.21. The van der Waals surface area contributed by atoms with Gasteiger partial charge < -0.3 is 10.0 Å². The number of amides is 1. The van der Waals surface area contributed by atoms with Crippen LogP contribution in [0.5, 0.6) is 0 Å². The van der Waals surface area contributed by atoms with Crippen molar-refractivity contribution in [1.82, 2.24) is 15.1 Å². The molecule has 2 aromatic carbocycles. The van der Waals surface area contributed by atoms with E-state index in [9.17, 15) is 9.90 Å². The van der Waals surface area contributed by atoms with E-state index in [1.807, 2.05) is 61.5 Å². The van der Waals surface area contributed by atoms with E-state index in [4.69, 9.17) is 0 Å². The highest BCUT2D eigenvalue weighted by molar-refractivity contribution is 5.93. The summed E-state index contributed by atoms with van der Waals surface area (Å²) >= 11 is 0. The molecule has 0 aliphatic carbocycles. The van der Waals surface area contributed by atoms with Crippen LogP contribution in [0.15, 0.2) is 73.1 Å². The standard InChI is InChI=1S/C21H21N3O2/c1-16-6-5-9-18(12-16)20(25)15-24(14-17-7-3-2-4-8-17)21(26)19-10-11-22-23-13-19/h2-13,20,25H,14-15H2,1H3. The lowest BCUT2D eigenvalue weighted by Gasteiger charge is -2.26. The van der Waals surface area contributed by atoms with Crippen molar-refractivity contribution >= 4 is 5.91 Å². The van der Waals surface area contributed by atoms with Gasteiger partial charge in [-0.15, -0.1) is 0 Å². The van der Waals surface area contributed by atoms with E-state index >= 15 is 0 Å². The summed E-state index contributed by atoms with van der Waals surface area (Å²) in [6.45, 7) is 2.58. The monoisotopic (exact) mass is 347 g/mol. The van der Waals surface area contributed by atoms with Gasteiger partial charge in [-0.25, -0.2) is 0 Å². The van der Waals surface area contributed by atoms with Gasteiger partial charge in [-0.05, 0) is 24.1 Å². The fourth-order valence-corrected chi connectivity index (χ4v) is 2.81. The minimum atomic E-state index is -0.766. The zero-order chi connectivity index (χ0) is 18.4. The molecule has 132 valence electrons. The van der Waals surface area contributed by atoms with E-state index in [0.717, 1.165) is 16.7 Å². The molecule has 0 spiro atoms. The highest BCUT2D eigenvalue weighted by Crippen LogP contribution is 2.18. The first-order valence-electron chi connectivity index (χ1n) is 8.48. The Labute approximate surface area is 152 Å². The first-order chi connectivity index (χ1) is 12.6. The maximum absolute atomic E-state index is 12.9. The van der Waals surface area contributed by atoms with E-state index in [-0.39, 0.29) is 12.5 Å². The number of carbonyl (C=O) groups excluding carboxylic acids is 1. The number of hydrogen-bond acceptors (Lipinski definition) is 4. The average molecular weight is 347 g/mol. The van der Waals surface area contributed by atoms with Crippen molar-refractivity contribution < 1.29 is 9.90 Å². The molecule has 0 radical (unpaired) electrons. The Hall–Kier alpha value is -3.05. The van der Waals surface area contributed by atoms with E-state index in [1.165, 1.54) is 12.4 Å². The van der Waals surface area contributed by atoms with Crippen LogP contribution in [0.1, 0.15) is 33.2 Å². The first-order valence-corrected chi connectivity index (χ1v) is 8.48. The van der Waals surface area contributed by atoms with E-state index < -0.39 is 6.10 Å². The number of aliphatic hydroxyl groups excluding tert-OH is 1. The summed E-state index contributed by atoms with van der Waals surface area (Å²) in [4.78, 5) is 14.6. The fourth-order valence-electron chi connectivity index (χ4n) is 2.81. The van der Waals surface area contributed by atoms with Crippen molar-refractivity contribution in [3.8, 4) is 0 Å². The number of carbonyl (C=O) groups is 1. The van der Waals surface area contributed by atoms with Crippen molar-refractivity contribution in [1.29, 1.82) is 0 Å². The van der Waals surface area contributed by atoms with Gasteiger partial charge >= 0.3 is 0 Å². The third-order valence-electron chi connectivity index (χ3n) is 4.15. The number of rotatable bonds is 6. The van der Waals surface area contributed by atoms with Gasteiger partial charge in [0.05, 0.1) is 30.6 Å². The number of aliphatic hydroxyl groups is 1. The molecule has 1 N–H and O–H groups in total. The molecule has 3 aromatic rings. The molecule has 1 heterocycles. The molecule has 0 saturated carbocycles. The molecule has 0 aliphatic heterocycles. The molecule has 3 rings (SSSR count). The molecule has 1 amide bonds. The van der Waals surface area contributed by atoms with Crippen LogP contribution >= 0.6 is 0 Å². The summed E-state index contributed by atoms with van der Waals surface area (Å²) in [6.07, 6.45) is 2.17. The Morgan fingerprint density at radius 1 is 1.08 bits per heavy atom. The van der Waals surface area contributed by atoms with Crippen LogP contribution < -0.4 is 0 Å². The predicted molar refractivity (Wildman–Crippen MR) is 99.4 cm³/mol. The zero-order valence-corrected chi connectivity index (χ0v) is 14.6. The fraction of sp³-hybridized carbons (Fsp3) is 0.190. The van der Waals surface area contributed by atoms with Gasteiger partial charge in [-0.1, -0.05) is 60.2 Å². The lowest BCUT2D eigenvalue weighted by Crippen LogP contribution is -2.34. The molecule has 5 nitrogen and oxygen atoms in total. The van der Waals surface area contributed by atoms with Crippen molar-refractivity contribution in [2.75, 3.05) is 6.54 Å². The van der Waals surface area contributed by atoms with Crippen LogP contribution in [0.2, 0.25) is 0 Å². The second-order valence-corrected chi connectivity index (χ2v) is 6.23. The van der Waals surface area contributed by atoms with Crippen molar-refractivity contribution in [2.45, 2.75) is 19.6 Å².